The molecule has 2 aliphatic heterocycles. The van der Waals surface area contributed by atoms with Crippen LogP contribution in [0, 0.1) is 0 Å². The molecule has 3 rings (SSSR count). The molecule has 1 amide bonds. The first-order valence-electron chi connectivity index (χ1n) is 7.92. The summed E-state index contributed by atoms with van der Waals surface area (Å²) in [4.78, 5) is 11.5. The first kappa shape index (κ1) is 14.5. The summed E-state index contributed by atoms with van der Waals surface area (Å²) in [5, 5.41) is 6.54. The van der Waals surface area contributed by atoms with Gasteiger partial charge >= 0.3 is 0 Å². The van der Waals surface area contributed by atoms with E-state index >= 15 is 0 Å². The van der Waals surface area contributed by atoms with Gasteiger partial charge in [0.25, 0.3) is 0 Å². The van der Waals surface area contributed by atoms with Crippen LogP contribution in [0.4, 0.5) is 5.69 Å². The van der Waals surface area contributed by atoms with Crippen molar-refractivity contribution < 1.29 is 9.53 Å². The molecule has 0 bridgehead atoms. The van der Waals surface area contributed by atoms with Crippen molar-refractivity contribution in [3.8, 4) is 0 Å². The van der Waals surface area contributed by atoms with E-state index in [1.807, 2.05) is 6.07 Å². The van der Waals surface area contributed by atoms with Gasteiger partial charge in [0.05, 0.1) is 18.1 Å². The van der Waals surface area contributed by atoms with E-state index in [1.165, 1.54) is 5.56 Å². The largest absolute Gasteiger partial charge is 0.373 e. The number of nitrogens with one attached hydrogen (secondary N) is 2. The fourth-order valence-electron chi connectivity index (χ4n) is 3.43. The number of amides is 1. The van der Waals surface area contributed by atoms with Crippen molar-refractivity contribution in [1.29, 1.82) is 0 Å². The molecule has 2 heterocycles. The zero-order valence-corrected chi connectivity index (χ0v) is 12.9. The molecule has 1 fully saturated rings. The second kappa shape index (κ2) is 5.78. The van der Waals surface area contributed by atoms with Gasteiger partial charge in [-0.25, -0.2) is 0 Å². The molecular formula is C17H24N2O2. The topological polar surface area (TPSA) is 50.4 Å². The molecule has 2 N–H and O–H groups in total. The minimum absolute atomic E-state index is 0.0866. The molecular weight excluding hydrogens is 264 g/mol. The van der Waals surface area contributed by atoms with Crippen molar-refractivity contribution >= 4 is 11.6 Å². The maximum atomic E-state index is 11.5. The average Bonchev–Trinajstić information content (AvgIpc) is 3.04. The quantitative estimate of drug-likeness (QED) is 0.876. The van der Waals surface area contributed by atoms with Crippen LogP contribution in [-0.2, 0) is 16.0 Å². The van der Waals surface area contributed by atoms with Gasteiger partial charge in [0.1, 0.15) is 0 Å². The fourth-order valence-corrected chi connectivity index (χ4v) is 3.43. The molecule has 0 saturated carbocycles. The first-order valence-corrected chi connectivity index (χ1v) is 7.92. The minimum atomic E-state index is -0.153. The molecule has 4 heteroatoms. The Labute approximate surface area is 126 Å². The van der Waals surface area contributed by atoms with E-state index in [9.17, 15) is 4.79 Å². The lowest BCUT2D eigenvalue weighted by Crippen LogP contribution is -2.41. The second-order valence-corrected chi connectivity index (χ2v) is 6.29. The molecule has 2 aliphatic rings. The summed E-state index contributed by atoms with van der Waals surface area (Å²) in [5.41, 5.74) is 3.13. The highest BCUT2D eigenvalue weighted by Gasteiger charge is 2.39. The first-order chi connectivity index (χ1) is 10.1. The third kappa shape index (κ3) is 2.83. The SMILES string of the molecule is CCCNC(c1ccc2c(c1)CC(=O)N2)C1(C)CCCO1. The summed E-state index contributed by atoms with van der Waals surface area (Å²) in [5.74, 6) is 0.0866. The zero-order chi connectivity index (χ0) is 14.9. The Morgan fingerprint density at radius 1 is 1.48 bits per heavy atom. The van der Waals surface area contributed by atoms with E-state index in [4.69, 9.17) is 4.74 Å². The summed E-state index contributed by atoms with van der Waals surface area (Å²) in [6.45, 7) is 6.18. The molecule has 1 aromatic carbocycles. The molecule has 1 aromatic rings. The average molecular weight is 288 g/mol. The van der Waals surface area contributed by atoms with Crippen molar-refractivity contribution in [2.24, 2.45) is 0 Å². The normalized spacial score (nSPS) is 25.7. The summed E-state index contributed by atoms with van der Waals surface area (Å²) in [7, 11) is 0. The minimum Gasteiger partial charge on any atom is -0.373 e. The number of hydrogen-bond donors (Lipinski definition) is 2. The summed E-state index contributed by atoms with van der Waals surface area (Å²) in [6.07, 6.45) is 3.77. The Hall–Kier alpha value is -1.39. The number of fused-ring (bicyclic) bond motifs is 1. The van der Waals surface area contributed by atoms with Crippen LogP contribution < -0.4 is 10.6 Å². The number of benzene rings is 1. The van der Waals surface area contributed by atoms with Crippen molar-refractivity contribution in [2.45, 2.75) is 51.2 Å². The van der Waals surface area contributed by atoms with E-state index in [0.717, 1.165) is 43.7 Å². The van der Waals surface area contributed by atoms with E-state index in [0.29, 0.717) is 6.42 Å². The van der Waals surface area contributed by atoms with Crippen LogP contribution in [0.3, 0.4) is 0 Å². The number of rotatable bonds is 5. The van der Waals surface area contributed by atoms with E-state index in [2.05, 4.69) is 36.6 Å². The van der Waals surface area contributed by atoms with Gasteiger partial charge in [-0.05, 0) is 49.9 Å². The molecule has 21 heavy (non-hydrogen) atoms. The molecule has 4 nitrogen and oxygen atoms in total. The number of anilines is 1. The fraction of sp³-hybridized carbons (Fsp3) is 0.588. The summed E-state index contributed by atoms with van der Waals surface area (Å²) in [6, 6.07) is 6.48. The summed E-state index contributed by atoms with van der Waals surface area (Å²) >= 11 is 0. The van der Waals surface area contributed by atoms with E-state index in [-0.39, 0.29) is 17.6 Å². The third-order valence-corrected chi connectivity index (χ3v) is 4.55. The van der Waals surface area contributed by atoms with Crippen LogP contribution in [0.5, 0.6) is 0 Å². The number of carbonyl (C=O) groups is 1. The summed E-state index contributed by atoms with van der Waals surface area (Å²) < 4.78 is 6.05. The molecule has 0 radical (unpaired) electrons. The maximum Gasteiger partial charge on any atom is 0.228 e. The number of carbonyl (C=O) groups excluding carboxylic acids is 1. The molecule has 114 valence electrons. The Bertz CT molecular complexity index is 536. The highest BCUT2D eigenvalue weighted by molar-refractivity contribution is 5.99. The lowest BCUT2D eigenvalue weighted by atomic mass is 9.86. The van der Waals surface area contributed by atoms with Crippen molar-refractivity contribution in [2.75, 3.05) is 18.5 Å². The molecule has 0 aromatic heterocycles. The Morgan fingerprint density at radius 3 is 3.05 bits per heavy atom. The van der Waals surface area contributed by atoms with Crippen LogP contribution in [0.1, 0.15) is 50.3 Å². The molecule has 0 spiro atoms. The second-order valence-electron chi connectivity index (χ2n) is 6.29. The zero-order valence-electron chi connectivity index (χ0n) is 12.9. The lowest BCUT2D eigenvalue weighted by Gasteiger charge is -2.35. The Kier molecular flexibility index (Phi) is 4.00. The monoisotopic (exact) mass is 288 g/mol. The highest BCUT2D eigenvalue weighted by atomic mass is 16.5. The highest BCUT2D eigenvalue weighted by Crippen LogP contribution is 2.39. The molecule has 2 unspecified atom stereocenters. The molecule has 2 atom stereocenters. The van der Waals surface area contributed by atoms with Crippen LogP contribution in [0.15, 0.2) is 18.2 Å². The maximum absolute atomic E-state index is 11.5. The van der Waals surface area contributed by atoms with Gasteiger partial charge in [-0.15, -0.1) is 0 Å². The van der Waals surface area contributed by atoms with Crippen molar-refractivity contribution in [1.82, 2.24) is 5.32 Å². The number of hydrogen-bond acceptors (Lipinski definition) is 3. The standard InChI is InChI=1S/C17H24N2O2/c1-3-8-18-16(17(2)7-4-9-21-17)12-5-6-14-13(10-12)11-15(20)19-14/h5-6,10,16,18H,3-4,7-9,11H2,1-2H3,(H,19,20). The van der Waals surface area contributed by atoms with Gasteiger partial charge in [0.2, 0.25) is 5.91 Å². The van der Waals surface area contributed by atoms with Crippen LogP contribution >= 0.6 is 0 Å². The van der Waals surface area contributed by atoms with Crippen molar-refractivity contribution in [3.05, 3.63) is 29.3 Å². The predicted octanol–water partition coefficient (Wildman–Crippen LogP) is 2.79. The third-order valence-electron chi connectivity index (χ3n) is 4.55. The Morgan fingerprint density at radius 2 is 2.33 bits per heavy atom. The van der Waals surface area contributed by atoms with Gasteiger partial charge < -0.3 is 15.4 Å². The van der Waals surface area contributed by atoms with Crippen LogP contribution in [0.25, 0.3) is 0 Å². The van der Waals surface area contributed by atoms with Crippen LogP contribution in [0.2, 0.25) is 0 Å². The lowest BCUT2D eigenvalue weighted by molar-refractivity contribution is -0.115. The molecule has 0 aliphatic carbocycles. The van der Waals surface area contributed by atoms with Crippen molar-refractivity contribution in [3.63, 3.8) is 0 Å². The van der Waals surface area contributed by atoms with E-state index < -0.39 is 0 Å². The van der Waals surface area contributed by atoms with Gasteiger partial charge in [-0.1, -0.05) is 19.1 Å². The van der Waals surface area contributed by atoms with Gasteiger partial charge in [-0.3, -0.25) is 4.79 Å². The van der Waals surface area contributed by atoms with Gasteiger partial charge in [-0.2, -0.15) is 0 Å². The Balaban J connectivity index is 1.89. The molecule has 1 saturated heterocycles. The van der Waals surface area contributed by atoms with E-state index in [1.54, 1.807) is 0 Å². The predicted molar refractivity (Wildman–Crippen MR) is 83.4 cm³/mol. The van der Waals surface area contributed by atoms with Gasteiger partial charge in [0, 0.05) is 12.3 Å². The number of ether oxygens (including phenoxy) is 1. The van der Waals surface area contributed by atoms with Gasteiger partial charge in [0.15, 0.2) is 0 Å². The van der Waals surface area contributed by atoms with Crippen LogP contribution in [-0.4, -0.2) is 24.7 Å². The smallest absolute Gasteiger partial charge is 0.228 e.